The van der Waals surface area contributed by atoms with Crippen molar-refractivity contribution in [3.8, 4) is 0 Å². The van der Waals surface area contributed by atoms with Crippen LogP contribution in [-0.4, -0.2) is 35.8 Å². The smallest absolute Gasteiger partial charge is 0.251 e. The number of carbonyl (C=O) groups excluding carboxylic acids is 2. The highest BCUT2D eigenvalue weighted by atomic mass is 79.9. The van der Waals surface area contributed by atoms with Crippen LogP contribution < -0.4 is 5.32 Å². The third-order valence-corrected chi connectivity index (χ3v) is 4.21. The van der Waals surface area contributed by atoms with E-state index in [-0.39, 0.29) is 17.9 Å². The second-order valence-corrected chi connectivity index (χ2v) is 6.82. The average molecular weight is 383 g/mol. The lowest BCUT2D eigenvalue weighted by Crippen LogP contribution is -2.39. The van der Waals surface area contributed by atoms with Crippen LogP contribution >= 0.6 is 15.9 Å². The maximum absolute atomic E-state index is 12.3. The second kappa shape index (κ2) is 10.4. The molecule has 1 rings (SSSR count). The number of unbranched alkanes of at least 4 members (excludes halogenated alkanes) is 2. The Hall–Kier alpha value is -1.36. The predicted octanol–water partition coefficient (Wildman–Crippen LogP) is 4.00. The van der Waals surface area contributed by atoms with Crippen molar-refractivity contribution in [1.82, 2.24) is 10.2 Å². The second-order valence-electron chi connectivity index (χ2n) is 5.90. The van der Waals surface area contributed by atoms with Gasteiger partial charge in [0, 0.05) is 35.6 Å². The van der Waals surface area contributed by atoms with Crippen molar-refractivity contribution < 1.29 is 9.59 Å². The van der Waals surface area contributed by atoms with E-state index in [4.69, 9.17) is 0 Å². The molecular formula is C18H27BrN2O2. The number of hydrogen-bond acceptors (Lipinski definition) is 2. The van der Waals surface area contributed by atoms with Crippen molar-refractivity contribution in [3.63, 3.8) is 0 Å². The molecule has 4 nitrogen and oxygen atoms in total. The summed E-state index contributed by atoms with van der Waals surface area (Å²) in [6.07, 6.45) is 3.65. The molecule has 0 atom stereocenters. The zero-order valence-electron chi connectivity index (χ0n) is 14.3. The van der Waals surface area contributed by atoms with Gasteiger partial charge in [-0.15, -0.1) is 0 Å². The molecule has 1 N–H and O–H groups in total. The maximum atomic E-state index is 12.3. The van der Waals surface area contributed by atoms with E-state index in [1.54, 1.807) is 12.1 Å². The minimum atomic E-state index is -0.146. The fraction of sp³-hybridized carbons (Fsp3) is 0.556. The van der Waals surface area contributed by atoms with Gasteiger partial charge in [-0.3, -0.25) is 9.59 Å². The summed E-state index contributed by atoms with van der Waals surface area (Å²) in [7, 11) is 0. The number of benzene rings is 1. The van der Waals surface area contributed by atoms with Gasteiger partial charge in [-0.05, 0) is 44.5 Å². The first kappa shape index (κ1) is 19.7. The molecule has 0 aliphatic heterocycles. The molecule has 0 aromatic heterocycles. The van der Waals surface area contributed by atoms with Crippen molar-refractivity contribution >= 4 is 27.7 Å². The first-order valence-corrected chi connectivity index (χ1v) is 9.08. The average Bonchev–Trinajstić information content (AvgIpc) is 2.51. The topological polar surface area (TPSA) is 49.4 Å². The molecule has 1 aromatic rings. The van der Waals surface area contributed by atoms with Gasteiger partial charge in [-0.1, -0.05) is 35.7 Å². The Kier molecular flexibility index (Phi) is 8.92. The minimum Gasteiger partial charge on any atom is -0.352 e. The molecular weight excluding hydrogens is 356 g/mol. The molecule has 0 saturated carbocycles. The van der Waals surface area contributed by atoms with Crippen LogP contribution in [0.2, 0.25) is 0 Å². The molecule has 0 fully saturated rings. The quantitative estimate of drug-likeness (QED) is 0.656. The van der Waals surface area contributed by atoms with Gasteiger partial charge in [0.05, 0.1) is 0 Å². The fourth-order valence-corrected chi connectivity index (χ4v) is 2.60. The van der Waals surface area contributed by atoms with E-state index in [1.165, 1.54) is 0 Å². The molecule has 0 saturated heterocycles. The fourth-order valence-electron chi connectivity index (χ4n) is 2.33. The van der Waals surface area contributed by atoms with Crippen LogP contribution in [0.5, 0.6) is 0 Å². The lowest BCUT2D eigenvalue weighted by Gasteiger charge is -2.27. The first-order valence-electron chi connectivity index (χ1n) is 8.29. The van der Waals surface area contributed by atoms with Crippen LogP contribution in [-0.2, 0) is 4.79 Å². The molecule has 0 bridgehead atoms. The summed E-state index contributed by atoms with van der Waals surface area (Å²) in [5.74, 6) is -0.0420. The molecule has 23 heavy (non-hydrogen) atoms. The third-order valence-electron chi connectivity index (χ3n) is 3.68. The Balaban J connectivity index is 2.41. The Morgan fingerprint density at radius 3 is 2.39 bits per heavy atom. The highest BCUT2D eigenvalue weighted by Gasteiger charge is 2.16. The number of halogens is 1. The summed E-state index contributed by atoms with van der Waals surface area (Å²) in [5, 5.41) is 2.81. The van der Waals surface area contributed by atoms with Crippen LogP contribution in [0.1, 0.15) is 56.8 Å². The standard InChI is InChI=1S/C18H27BrN2O2/c1-4-5-6-13-21(14(2)3)17(22)11-12-20-18(23)15-7-9-16(19)10-8-15/h7-10,14H,4-6,11-13H2,1-3H3,(H,20,23). The van der Waals surface area contributed by atoms with E-state index in [1.807, 2.05) is 30.9 Å². The summed E-state index contributed by atoms with van der Waals surface area (Å²) >= 11 is 3.34. The molecule has 0 unspecified atom stereocenters. The number of nitrogens with zero attached hydrogens (tertiary/aromatic N) is 1. The van der Waals surface area contributed by atoms with E-state index in [0.29, 0.717) is 18.5 Å². The summed E-state index contributed by atoms with van der Waals surface area (Å²) in [4.78, 5) is 26.2. The largest absolute Gasteiger partial charge is 0.352 e. The van der Waals surface area contributed by atoms with E-state index in [0.717, 1.165) is 30.3 Å². The number of amides is 2. The SMILES string of the molecule is CCCCCN(C(=O)CCNC(=O)c1ccc(Br)cc1)C(C)C. The molecule has 5 heteroatoms. The summed E-state index contributed by atoms with van der Waals surface area (Å²) in [6, 6.07) is 7.36. The van der Waals surface area contributed by atoms with Gasteiger partial charge in [-0.2, -0.15) is 0 Å². The number of carbonyl (C=O) groups is 2. The van der Waals surface area contributed by atoms with Crippen LogP contribution in [0, 0.1) is 0 Å². The van der Waals surface area contributed by atoms with Gasteiger partial charge in [0.2, 0.25) is 5.91 Å². The summed E-state index contributed by atoms with van der Waals surface area (Å²) in [6.45, 7) is 7.38. The van der Waals surface area contributed by atoms with Gasteiger partial charge >= 0.3 is 0 Å². The Morgan fingerprint density at radius 2 is 1.83 bits per heavy atom. The summed E-state index contributed by atoms with van der Waals surface area (Å²) < 4.78 is 0.934. The zero-order chi connectivity index (χ0) is 17.2. The van der Waals surface area contributed by atoms with E-state index < -0.39 is 0 Å². The third kappa shape index (κ3) is 7.16. The Labute approximate surface area is 147 Å². The van der Waals surface area contributed by atoms with E-state index in [2.05, 4.69) is 28.2 Å². The van der Waals surface area contributed by atoms with Crippen molar-refractivity contribution in [2.45, 2.75) is 52.5 Å². The van der Waals surface area contributed by atoms with Crippen molar-refractivity contribution in [3.05, 3.63) is 34.3 Å². The van der Waals surface area contributed by atoms with Crippen molar-refractivity contribution in [2.75, 3.05) is 13.1 Å². The van der Waals surface area contributed by atoms with Gasteiger partial charge in [0.1, 0.15) is 0 Å². The maximum Gasteiger partial charge on any atom is 0.251 e. The predicted molar refractivity (Wildman–Crippen MR) is 97.5 cm³/mol. The molecule has 1 aromatic carbocycles. The van der Waals surface area contributed by atoms with Gasteiger partial charge < -0.3 is 10.2 Å². The Bertz CT molecular complexity index is 500. The number of nitrogens with one attached hydrogen (secondary N) is 1. The minimum absolute atomic E-state index is 0.104. The highest BCUT2D eigenvalue weighted by molar-refractivity contribution is 9.10. The van der Waals surface area contributed by atoms with Gasteiger partial charge in [0.25, 0.3) is 5.91 Å². The normalized spacial score (nSPS) is 10.7. The lowest BCUT2D eigenvalue weighted by atomic mass is 10.2. The van der Waals surface area contributed by atoms with Crippen LogP contribution in [0.3, 0.4) is 0 Å². The van der Waals surface area contributed by atoms with Crippen molar-refractivity contribution in [2.24, 2.45) is 0 Å². The van der Waals surface area contributed by atoms with Crippen LogP contribution in [0.25, 0.3) is 0 Å². The highest BCUT2D eigenvalue weighted by Crippen LogP contribution is 2.10. The summed E-state index contributed by atoms with van der Waals surface area (Å²) in [5.41, 5.74) is 0.601. The van der Waals surface area contributed by atoms with Crippen molar-refractivity contribution in [1.29, 1.82) is 0 Å². The van der Waals surface area contributed by atoms with Gasteiger partial charge in [-0.25, -0.2) is 0 Å². The van der Waals surface area contributed by atoms with Gasteiger partial charge in [0.15, 0.2) is 0 Å². The molecule has 2 amide bonds. The molecule has 0 aliphatic rings. The Morgan fingerprint density at radius 1 is 1.17 bits per heavy atom. The molecule has 0 heterocycles. The zero-order valence-corrected chi connectivity index (χ0v) is 15.9. The van der Waals surface area contributed by atoms with Crippen LogP contribution in [0.15, 0.2) is 28.7 Å². The number of rotatable bonds is 9. The van der Waals surface area contributed by atoms with E-state index in [9.17, 15) is 9.59 Å². The molecule has 128 valence electrons. The monoisotopic (exact) mass is 382 g/mol. The lowest BCUT2D eigenvalue weighted by molar-refractivity contribution is -0.132. The van der Waals surface area contributed by atoms with E-state index >= 15 is 0 Å². The van der Waals surface area contributed by atoms with Crippen LogP contribution in [0.4, 0.5) is 0 Å². The molecule has 0 radical (unpaired) electrons. The molecule has 0 spiro atoms. The number of hydrogen-bond donors (Lipinski definition) is 1. The first-order chi connectivity index (χ1) is 11.0. The molecule has 0 aliphatic carbocycles.